The number of benzene rings is 1. The van der Waals surface area contributed by atoms with E-state index in [0.717, 1.165) is 12.1 Å². The van der Waals surface area contributed by atoms with Gasteiger partial charge in [-0.3, -0.25) is 10.1 Å². The topological polar surface area (TPSA) is 60.5 Å². The van der Waals surface area contributed by atoms with Crippen molar-refractivity contribution in [1.29, 1.82) is 0 Å². The molecule has 1 saturated heterocycles. The summed E-state index contributed by atoms with van der Waals surface area (Å²) in [6.45, 7) is 1.71. The molecule has 1 fully saturated rings. The zero-order valence-electron chi connectivity index (χ0n) is 9.85. The van der Waals surface area contributed by atoms with Gasteiger partial charge in [0.15, 0.2) is 0 Å². The van der Waals surface area contributed by atoms with Gasteiger partial charge in [-0.05, 0) is 6.07 Å². The lowest BCUT2D eigenvalue weighted by Crippen LogP contribution is -2.41. The van der Waals surface area contributed by atoms with E-state index in [-0.39, 0.29) is 5.69 Å². The molecule has 0 unspecified atom stereocenters. The molecule has 1 aromatic rings. The molecule has 1 aliphatic rings. The van der Waals surface area contributed by atoms with Crippen molar-refractivity contribution in [2.45, 2.75) is 6.18 Å². The fraction of sp³-hybridized carbons (Fsp3) is 0.455. The number of nitrogens with zero attached hydrogens (tertiary/aromatic N) is 3. The molecule has 1 aromatic carbocycles. The molecule has 0 spiro atoms. The SMILES string of the molecule is O=[N+]([O-])c1ccc(N2CC[N]CC2)c(C(F)(F)F)c1. The standard InChI is InChI=1S/C11H11F3N3O2/c12-11(13,14)9-7-8(17(18)19)1-2-10(9)16-5-3-15-4-6-16/h1-2,7H,3-6H2. The molecule has 8 heteroatoms. The van der Waals surface area contributed by atoms with Crippen LogP contribution < -0.4 is 10.2 Å². The molecule has 1 radical (unpaired) electrons. The van der Waals surface area contributed by atoms with Gasteiger partial charge < -0.3 is 4.90 Å². The zero-order chi connectivity index (χ0) is 14.0. The molecule has 0 bridgehead atoms. The minimum absolute atomic E-state index is 0.0204. The van der Waals surface area contributed by atoms with E-state index in [4.69, 9.17) is 0 Å². The lowest BCUT2D eigenvalue weighted by atomic mass is 10.1. The van der Waals surface area contributed by atoms with Gasteiger partial charge in [-0.2, -0.15) is 13.2 Å². The second kappa shape index (κ2) is 5.04. The number of hydrogen-bond donors (Lipinski definition) is 0. The predicted octanol–water partition coefficient (Wildman–Crippen LogP) is 2.04. The zero-order valence-corrected chi connectivity index (χ0v) is 9.85. The molecule has 5 nitrogen and oxygen atoms in total. The highest BCUT2D eigenvalue weighted by Gasteiger charge is 2.36. The predicted molar refractivity (Wildman–Crippen MR) is 62.2 cm³/mol. The molecule has 2 rings (SSSR count). The summed E-state index contributed by atoms with van der Waals surface area (Å²) in [4.78, 5) is 11.3. The number of anilines is 1. The summed E-state index contributed by atoms with van der Waals surface area (Å²) < 4.78 is 38.9. The van der Waals surface area contributed by atoms with E-state index in [1.54, 1.807) is 4.90 Å². The average molecular weight is 274 g/mol. The van der Waals surface area contributed by atoms with Gasteiger partial charge >= 0.3 is 6.18 Å². The second-order valence-corrected chi connectivity index (χ2v) is 4.11. The highest BCUT2D eigenvalue weighted by molar-refractivity contribution is 5.59. The smallest absolute Gasteiger partial charge is 0.368 e. The molecule has 0 atom stereocenters. The number of nitro benzene ring substituents is 1. The third kappa shape index (κ3) is 2.95. The molecule has 0 aliphatic carbocycles. The van der Waals surface area contributed by atoms with Gasteiger partial charge in [0.1, 0.15) is 0 Å². The maximum absolute atomic E-state index is 13.0. The van der Waals surface area contributed by atoms with E-state index in [2.05, 4.69) is 5.32 Å². The molecule has 1 aliphatic heterocycles. The van der Waals surface area contributed by atoms with Crippen molar-refractivity contribution in [3.05, 3.63) is 33.9 Å². The molecule has 19 heavy (non-hydrogen) atoms. The summed E-state index contributed by atoms with van der Waals surface area (Å²) in [5.41, 5.74) is -1.55. The van der Waals surface area contributed by atoms with Crippen molar-refractivity contribution in [3.8, 4) is 0 Å². The summed E-state index contributed by atoms with van der Waals surface area (Å²) in [6, 6.07) is 2.84. The van der Waals surface area contributed by atoms with E-state index in [1.165, 1.54) is 0 Å². The second-order valence-electron chi connectivity index (χ2n) is 4.11. The molecule has 103 valence electrons. The summed E-state index contributed by atoms with van der Waals surface area (Å²) in [5, 5.41) is 14.6. The number of piperazine rings is 1. The van der Waals surface area contributed by atoms with Crippen molar-refractivity contribution >= 4 is 11.4 Å². The van der Waals surface area contributed by atoms with Crippen LogP contribution in [0.25, 0.3) is 0 Å². The quantitative estimate of drug-likeness (QED) is 0.612. The third-order valence-electron chi connectivity index (χ3n) is 2.89. The Morgan fingerprint density at radius 2 is 1.89 bits per heavy atom. The van der Waals surface area contributed by atoms with Crippen molar-refractivity contribution in [2.24, 2.45) is 0 Å². The summed E-state index contributed by atoms with van der Waals surface area (Å²) in [7, 11) is 0. The fourth-order valence-electron chi connectivity index (χ4n) is 1.99. The Hall–Kier alpha value is -1.83. The Labute approximate surface area is 107 Å². The molecular formula is C11H11F3N3O2. The van der Waals surface area contributed by atoms with E-state index in [1.807, 2.05) is 0 Å². The number of hydrogen-bond acceptors (Lipinski definition) is 3. The van der Waals surface area contributed by atoms with Gasteiger partial charge in [-0.25, -0.2) is 5.32 Å². The lowest BCUT2D eigenvalue weighted by molar-refractivity contribution is -0.385. The molecular weight excluding hydrogens is 263 g/mol. The van der Waals surface area contributed by atoms with Crippen LogP contribution in [0.15, 0.2) is 18.2 Å². The van der Waals surface area contributed by atoms with Crippen molar-refractivity contribution in [3.63, 3.8) is 0 Å². The molecule has 0 aromatic heterocycles. The van der Waals surface area contributed by atoms with Crippen LogP contribution in [0.2, 0.25) is 0 Å². The van der Waals surface area contributed by atoms with Crippen molar-refractivity contribution < 1.29 is 18.1 Å². The monoisotopic (exact) mass is 274 g/mol. The summed E-state index contributed by atoms with van der Waals surface area (Å²) in [6.07, 6.45) is -4.62. The molecule has 0 saturated carbocycles. The maximum atomic E-state index is 13.0. The Kier molecular flexibility index (Phi) is 3.61. The van der Waals surface area contributed by atoms with Crippen LogP contribution in [-0.2, 0) is 6.18 Å². The van der Waals surface area contributed by atoms with Crippen LogP contribution in [-0.4, -0.2) is 31.1 Å². The van der Waals surface area contributed by atoms with Crippen molar-refractivity contribution in [1.82, 2.24) is 5.32 Å². The van der Waals surface area contributed by atoms with Gasteiger partial charge in [-0.15, -0.1) is 0 Å². The summed E-state index contributed by atoms with van der Waals surface area (Å²) >= 11 is 0. The Morgan fingerprint density at radius 3 is 2.42 bits per heavy atom. The van der Waals surface area contributed by atoms with Gasteiger partial charge in [0.2, 0.25) is 0 Å². The highest BCUT2D eigenvalue weighted by Crippen LogP contribution is 2.38. The van der Waals surface area contributed by atoms with Gasteiger partial charge in [-0.1, -0.05) is 0 Å². The van der Waals surface area contributed by atoms with Crippen LogP contribution in [0, 0.1) is 10.1 Å². The van der Waals surface area contributed by atoms with Gasteiger partial charge in [0.25, 0.3) is 5.69 Å². The number of rotatable bonds is 2. The number of alkyl halides is 3. The van der Waals surface area contributed by atoms with E-state index < -0.39 is 22.4 Å². The van der Waals surface area contributed by atoms with Crippen LogP contribution in [0.4, 0.5) is 24.5 Å². The largest absolute Gasteiger partial charge is 0.418 e. The molecule has 0 amide bonds. The van der Waals surface area contributed by atoms with Crippen LogP contribution in [0.3, 0.4) is 0 Å². The molecule has 0 N–H and O–H groups in total. The normalized spacial score (nSPS) is 16.5. The first-order chi connectivity index (χ1) is 8.89. The highest BCUT2D eigenvalue weighted by atomic mass is 19.4. The Morgan fingerprint density at radius 1 is 1.26 bits per heavy atom. The molecule has 1 heterocycles. The third-order valence-corrected chi connectivity index (χ3v) is 2.89. The van der Waals surface area contributed by atoms with E-state index in [9.17, 15) is 23.3 Å². The summed E-state index contributed by atoms with van der Waals surface area (Å²) in [5.74, 6) is 0. The van der Waals surface area contributed by atoms with Crippen molar-refractivity contribution in [2.75, 3.05) is 31.1 Å². The number of nitro groups is 1. The fourth-order valence-corrected chi connectivity index (χ4v) is 1.99. The lowest BCUT2D eigenvalue weighted by Gasteiger charge is -2.30. The first-order valence-corrected chi connectivity index (χ1v) is 5.63. The Bertz CT molecular complexity index is 485. The van der Waals surface area contributed by atoms with E-state index >= 15 is 0 Å². The number of halogens is 3. The number of non-ortho nitro benzene ring substituents is 1. The first-order valence-electron chi connectivity index (χ1n) is 5.63. The van der Waals surface area contributed by atoms with E-state index in [0.29, 0.717) is 32.2 Å². The van der Waals surface area contributed by atoms with Crippen LogP contribution >= 0.6 is 0 Å². The van der Waals surface area contributed by atoms with Gasteiger partial charge in [0.05, 0.1) is 10.5 Å². The average Bonchev–Trinajstić information content (AvgIpc) is 2.38. The maximum Gasteiger partial charge on any atom is 0.418 e. The van der Waals surface area contributed by atoms with Crippen LogP contribution in [0.5, 0.6) is 0 Å². The first kappa shape index (κ1) is 13.6. The van der Waals surface area contributed by atoms with Gasteiger partial charge in [0, 0.05) is 44.0 Å². The van der Waals surface area contributed by atoms with Crippen LogP contribution in [0.1, 0.15) is 5.56 Å². The minimum Gasteiger partial charge on any atom is -0.368 e. The Balaban J connectivity index is 2.44. The minimum atomic E-state index is -4.62.